The average Bonchev–Trinajstić information content (AvgIpc) is 2.28. The molecule has 0 spiro atoms. The second-order valence-electron chi connectivity index (χ2n) is 4.26. The summed E-state index contributed by atoms with van der Waals surface area (Å²) in [6.07, 6.45) is 2.27. The topological polar surface area (TPSA) is 67.2 Å². The summed E-state index contributed by atoms with van der Waals surface area (Å²) in [4.78, 5) is 11.9. The molecule has 0 aliphatic heterocycles. The van der Waals surface area contributed by atoms with Crippen molar-refractivity contribution in [1.82, 2.24) is 9.78 Å². The van der Waals surface area contributed by atoms with Gasteiger partial charge in [-0.2, -0.15) is 5.10 Å². The van der Waals surface area contributed by atoms with E-state index in [1.807, 2.05) is 13.8 Å². The molecule has 1 rings (SSSR count). The van der Waals surface area contributed by atoms with Gasteiger partial charge >= 0.3 is 0 Å². The number of hydrogen-bond donors (Lipinski definition) is 2. The Morgan fingerprint density at radius 2 is 2.29 bits per heavy atom. The van der Waals surface area contributed by atoms with Gasteiger partial charge in [-0.15, -0.1) is 0 Å². The molecule has 1 aromatic heterocycles. The van der Waals surface area contributed by atoms with Crippen LogP contribution in [0, 0.1) is 5.92 Å². The van der Waals surface area contributed by atoms with Crippen LogP contribution in [0.3, 0.4) is 0 Å². The quantitative estimate of drug-likeness (QED) is 0.781. The Hall–Kier alpha value is -0.880. The Labute approximate surface area is 109 Å². The SMILES string of the molecule is CC(C)Cn1ncc(NCCCO)c(Br)c1=O. The lowest BCUT2D eigenvalue weighted by molar-refractivity contribution is 0.292. The molecule has 0 aromatic carbocycles. The maximum atomic E-state index is 11.9. The van der Waals surface area contributed by atoms with Gasteiger partial charge in [0.15, 0.2) is 0 Å². The molecule has 0 saturated heterocycles. The van der Waals surface area contributed by atoms with Crippen molar-refractivity contribution in [2.24, 2.45) is 5.92 Å². The highest BCUT2D eigenvalue weighted by molar-refractivity contribution is 9.10. The fourth-order valence-electron chi connectivity index (χ4n) is 1.37. The monoisotopic (exact) mass is 303 g/mol. The van der Waals surface area contributed by atoms with Crippen molar-refractivity contribution in [3.05, 3.63) is 21.0 Å². The van der Waals surface area contributed by atoms with Crippen LogP contribution in [0.15, 0.2) is 15.5 Å². The van der Waals surface area contributed by atoms with Gasteiger partial charge in [0.2, 0.25) is 0 Å². The minimum absolute atomic E-state index is 0.127. The number of hydrogen-bond acceptors (Lipinski definition) is 4. The van der Waals surface area contributed by atoms with Gasteiger partial charge in [-0.05, 0) is 28.3 Å². The highest BCUT2D eigenvalue weighted by atomic mass is 79.9. The van der Waals surface area contributed by atoms with Crippen LogP contribution in [-0.4, -0.2) is 28.0 Å². The van der Waals surface area contributed by atoms with Gasteiger partial charge < -0.3 is 10.4 Å². The molecule has 0 bridgehead atoms. The molecular weight excluding hydrogens is 286 g/mol. The third-order valence-corrected chi connectivity index (χ3v) is 2.94. The zero-order chi connectivity index (χ0) is 12.8. The maximum Gasteiger partial charge on any atom is 0.283 e. The molecule has 0 aliphatic rings. The molecule has 2 N–H and O–H groups in total. The number of aliphatic hydroxyl groups is 1. The first kappa shape index (κ1) is 14.2. The number of aliphatic hydroxyl groups excluding tert-OH is 1. The average molecular weight is 304 g/mol. The van der Waals surface area contributed by atoms with Crippen molar-refractivity contribution in [3.8, 4) is 0 Å². The van der Waals surface area contributed by atoms with E-state index >= 15 is 0 Å². The summed E-state index contributed by atoms with van der Waals surface area (Å²) >= 11 is 3.27. The first-order valence-corrected chi connectivity index (χ1v) is 6.46. The number of anilines is 1. The molecule has 0 aliphatic carbocycles. The number of rotatable bonds is 6. The molecule has 0 fully saturated rings. The van der Waals surface area contributed by atoms with Crippen LogP contribution in [0.5, 0.6) is 0 Å². The zero-order valence-corrected chi connectivity index (χ0v) is 11.7. The van der Waals surface area contributed by atoms with Crippen LogP contribution in [0.25, 0.3) is 0 Å². The van der Waals surface area contributed by atoms with Crippen molar-refractivity contribution in [1.29, 1.82) is 0 Å². The van der Waals surface area contributed by atoms with Gasteiger partial charge in [0.1, 0.15) is 4.47 Å². The largest absolute Gasteiger partial charge is 0.396 e. The molecule has 1 heterocycles. The normalized spacial score (nSPS) is 10.9. The summed E-state index contributed by atoms with van der Waals surface area (Å²) in [6.45, 7) is 5.42. The summed E-state index contributed by atoms with van der Waals surface area (Å²) in [6, 6.07) is 0. The fourth-order valence-corrected chi connectivity index (χ4v) is 1.81. The van der Waals surface area contributed by atoms with Crippen LogP contribution in [0.4, 0.5) is 5.69 Å². The number of aromatic nitrogens is 2. The van der Waals surface area contributed by atoms with Crippen molar-refractivity contribution in [2.75, 3.05) is 18.5 Å². The third kappa shape index (κ3) is 4.12. The minimum Gasteiger partial charge on any atom is -0.396 e. The Balaban J connectivity index is 2.83. The van der Waals surface area contributed by atoms with Crippen LogP contribution in [-0.2, 0) is 6.54 Å². The predicted molar refractivity (Wildman–Crippen MR) is 71.2 cm³/mol. The molecule has 0 saturated carbocycles. The van der Waals surface area contributed by atoms with Crippen LogP contribution >= 0.6 is 15.9 Å². The lowest BCUT2D eigenvalue weighted by Crippen LogP contribution is -2.26. The van der Waals surface area contributed by atoms with Gasteiger partial charge in [0.05, 0.1) is 11.9 Å². The molecule has 0 amide bonds. The van der Waals surface area contributed by atoms with Crippen LogP contribution in [0.2, 0.25) is 0 Å². The van der Waals surface area contributed by atoms with Gasteiger partial charge in [0.25, 0.3) is 5.56 Å². The van der Waals surface area contributed by atoms with Crippen molar-refractivity contribution >= 4 is 21.6 Å². The van der Waals surface area contributed by atoms with Crippen molar-refractivity contribution < 1.29 is 5.11 Å². The summed E-state index contributed by atoms with van der Waals surface area (Å²) in [7, 11) is 0. The number of nitrogens with one attached hydrogen (secondary N) is 1. The van der Waals surface area contributed by atoms with E-state index in [0.29, 0.717) is 35.6 Å². The molecule has 1 aromatic rings. The fraction of sp³-hybridized carbons (Fsp3) is 0.636. The number of halogens is 1. The van der Waals surface area contributed by atoms with Gasteiger partial charge in [-0.25, -0.2) is 4.68 Å². The van der Waals surface area contributed by atoms with Gasteiger partial charge in [-0.3, -0.25) is 4.79 Å². The Bertz CT molecular complexity index is 418. The summed E-state index contributed by atoms with van der Waals surface area (Å²) in [5.41, 5.74) is 0.538. The molecule has 17 heavy (non-hydrogen) atoms. The summed E-state index contributed by atoms with van der Waals surface area (Å²) in [5, 5.41) is 15.8. The van der Waals surface area contributed by atoms with E-state index in [0.717, 1.165) is 0 Å². The Kier molecular flexibility index (Phi) is 5.64. The summed E-state index contributed by atoms with van der Waals surface area (Å²) < 4.78 is 1.94. The second-order valence-corrected chi connectivity index (χ2v) is 5.05. The van der Waals surface area contributed by atoms with E-state index in [-0.39, 0.29) is 12.2 Å². The van der Waals surface area contributed by atoms with E-state index in [1.165, 1.54) is 4.68 Å². The Morgan fingerprint density at radius 1 is 1.59 bits per heavy atom. The van der Waals surface area contributed by atoms with E-state index in [1.54, 1.807) is 6.20 Å². The first-order chi connectivity index (χ1) is 8.06. The highest BCUT2D eigenvalue weighted by Crippen LogP contribution is 2.16. The molecule has 0 unspecified atom stereocenters. The first-order valence-electron chi connectivity index (χ1n) is 5.66. The smallest absolute Gasteiger partial charge is 0.283 e. The summed E-state index contributed by atoms with van der Waals surface area (Å²) in [5.74, 6) is 0.375. The minimum atomic E-state index is -0.132. The highest BCUT2D eigenvalue weighted by Gasteiger charge is 2.09. The Morgan fingerprint density at radius 3 is 2.88 bits per heavy atom. The molecule has 6 heteroatoms. The zero-order valence-electron chi connectivity index (χ0n) is 10.1. The lowest BCUT2D eigenvalue weighted by Gasteiger charge is -2.11. The van der Waals surface area contributed by atoms with E-state index in [2.05, 4.69) is 26.3 Å². The third-order valence-electron chi connectivity index (χ3n) is 2.17. The predicted octanol–water partition coefficient (Wildman–Crippen LogP) is 1.46. The molecule has 0 atom stereocenters. The molecule has 5 nitrogen and oxygen atoms in total. The molecule has 0 radical (unpaired) electrons. The van der Waals surface area contributed by atoms with Gasteiger partial charge in [0, 0.05) is 19.7 Å². The van der Waals surface area contributed by atoms with Crippen molar-refractivity contribution in [3.63, 3.8) is 0 Å². The molecule has 96 valence electrons. The van der Waals surface area contributed by atoms with Crippen LogP contribution in [0.1, 0.15) is 20.3 Å². The van der Waals surface area contributed by atoms with E-state index in [4.69, 9.17) is 5.11 Å². The van der Waals surface area contributed by atoms with E-state index in [9.17, 15) is 4.79 Å². The maximum absolute atomic E-state index is 11.9. The molecular formula is C11H18BrN3O2. The van der Waals surface area contributed by atoms with Crippen molar-refractivity contribution in [2.45, 2.75) is 26.8 Å². The van der Waals surface area contributed by atoms with Crippen LogP contribution < -0.4 is 10.9 Å². The number of nitrogens with zero attached hydrogens (tertiary/aromatic N) is 2. The van der Waals surface area contributed by atoms with E-state index < -0.39 is 0 Å². The second kappa shape index (κ2) is 6.76. The lowest BCUT2D eigenvalue weighted by atomic mass is 10.2. The van der Waals surface area contributed by atoms with Gasteiger partial charge in [-0.1, -0.05) is 13.8 Å². The standard InChI is InChI=1S/C11H18BrN3O2/c1-8(2)7-15-11(17)10(12)9(6-14-15)13-4-3-5-16/h6,8,13,16H,3-5,7H2,1-2H3.